The first-order valence-corrected chi connectivity index (χ1v) is 5.75. The third kappa shape index (κ3) is 4.24. The van der Waals surface area contributed by atoms with Crippen LogP contribution in [0, 0.1) is 6.92 Å². The molecule has 1 amide bonds. The Morgan fingerprint density at radius 2 is 2.24 bits per heavy atom. The summed E-state index contributed by atoms with van der Waals surface area (Å²) in [5.74, 6) is 0.685. The first-order chi connectivity index (χ1) is 8.04. The number of carbonyl (C=O) groups excluding carboxylic acids is 1. The fourth-order valence-corrected chi connectivity index (χ4v) is 1.57. The van der Waals surface area contributed by atoms with Gasteiger partial charge in [-0.15, -0.1) is 0 Å². The molecular formula is C12H17ClN2O2. The number of halogens is 1. The summed E-state index contributed by atoms with van der Waals surface area (Å²) in [5, 5.41) is 0.685. The second kappa shape index (κ2) is 6.47. The molecule has 0 aliphatic rings. The molecule has 0 aliphatic heterocycles. The van der Waals surface area contributed by atoms with E-state index in [0.717, 1.165) is 11.3 Å². The van der Waals surface area contributed by atoms with Crippen LogP contribution in [0.25, 0.3) is 0 Å². The molecule has 0 saturated carbocycles. The highest BCUT2D eigenvalue weighted by Crippen LogP contribution is 2.21. The van der Waals surface area contributed by atoms with E-state index >= 15 is 0 Å². The number of hydrogen-bond acceptors (Lipinski definition) is 3. The zero-order valence-electron chi connectivity index (χ0n) is 10.1. The number of ether oxygens (including phenoxy) is 1. The molecule has 1 rings (SSSR count). The van der Waals surface area contributed by atoms with E-state index in [1.54, 1.807) is 18.0 Å². The van der Waals surface area contributed by atoms with Gasteiger partial charge in [-0.3, -0.25) is 4.79 Å². The number of amides is 1. The molecule has 0 radical (unpaired) electrons. The van der Waals surface area contributed by atoms with Crippen molar-refractivity contribution in [1.82, 2.24) is 4.90 Å². The van der Waals surface area contributed by atoms with Gasteiger partial charge >= 0.3 is 0 Å². The molecule has 5 heteroatoms. The fourth-order valence-electron chi connectivity index (χ4n) is 1.35. The summed E-state index contributed by atoms with van der Waals surface area (Å²) in [7, 11) is 1.70. The number of carbonyl (C=O) groups is 1. The number of rotatable bonds is 5. The van der Waals surface area contributed by atoms with Crippen LogP contribution in [0.3, 0.4) is 0 Å². The third-order valence-corrected chi connectivity index (χ3v) is 2.66. The minimum Gasteiger partial charge on any atom is -0.491 e. The zero-order chi connectivity index (χ0) is 12.8. The highest BCUT2D eigenvalue weighted by atomic mass is 35.5. The van der Waals surface area contributed by atoms with Gasteiger partial charge in [0.05, 0.1) is 13.1 Å². The lowest BCUT2D eigenvalue weighted by Crippen LogP contribution is -2.35. The molecule has 0 bridgehead atoms. The maximum atomic E-state index is 11.2. The lowest BCUT2D eigenvalue weighted by Gasteiger charge is -2.17. The van der Waals surface area contributed by atoms with Crippen LogP contribution in [0.2, 0.25) is 5.02 Å². The predicted molar refractivity (Wildman–Crippen MR) is 68.4 cm³/mol. The van der Waals surface area contributed by atoms with E-state index in [-0.39, 0.29) is 12.5 Å². The summed E-state index contributed by atoms with van der Waals surface area (Å²) >= 11 is 5.84. The molecular weight excluding hydrogens is 240 g/mol. The van der Waals surface area contributed by atoms with Crippen molar-refractivity contribution in [2.75, 3.05) is 26.7 Å². The maximum absolute atomic E-state index is 11.2. The van der Waals surface area contributed by atoms with Crippen LogP contribution in [0.1, 0.15) is 5.56 Å². The molecule has 0 heterocycles. The molecule has 1 aromatic rings. The molecule has 0 aliphatic carbocycles. The van der Waals surface area contributed by atoms with E-state index < -0.39 is 0 Å². The predicted octanol–water partition coefficient (Wildman–Crippen LogP) is 1.44. The van der Waals surface area contributed by atoms with Gasteiger partial charge in [0.1, 0.15) is 12.4 Å². The summed E-state index contributed by atoms with van der Waals surface area (Å²) in [6.45, 7) is 2.90. The molecule has 0 unspecified atom stereocenters. The first-order valence-electron chi connectivity index (χ1n) is 5.37. The molecule has 2 N–H and O–H groups in total. The van der Waals surface area contributed by atoms with Crippen molar-refractivity contribution in [2.45, 2.75) is 6.92 Å². The number of aryl methyl sites for hydroxylation is 1. The van der Waals surface area contributed by atoms with Crippen molar-refractivity contribution in [1.29, 1.82) is 0 Å². The van der Waals surface area contributed by atoms with Crippen LogP contribution < -0.4 is 10.5 Å². The second-order valence-corrected chi connectivity index (χ2v) is 4.21. The molecule has 0 atom stereocenters. The Hall–Kier alpha value is -1.26. The van der Waals surface area contributed by atoms with Crippen LogP contribution >= 0.6 is 11.6 Å². The number of benzene rings is 1. The lowest BCUT2D eigenvalue weighted by atomic mass is 10.2. The average molecular weight is 257 g/mol. The monoisotopic (exact) mass is 256 g/mol. The van der Waals surface area contributed by atoms with Gasteiger partial charge < -0.3 is 15.4 Å². The van der Waals surface area contributed by atoms with Gasteiger partial charge in [0.2, 0.25) is 5.91 Å². The Morgan fingerprint density at radius 3 is 2.82 bits per heavy atom. The summed E-state index contributed by atoms with van der Waals surface area (Å²) in [6.07, 6.45) is 0. The molecule has 1 aromatic carbocycles. The van der Waals surface area contributed by atoms with Gasteiger partial charge in [-0.05, 0) is 30.7 Å². The summed E-state index contributed by atoms with van der Waals surface area (Å²) < 4.78 is 5.56. The Bertz CT molecular complexity index is 396. The van der Waals surface area contributed by atoms with Gasteiger partial charge in [0.25, 0.3) is 0 Å². The van der Waals surface area contributed by atoms with Crippen molar-refractivity contribution in [2.24, 2.45) is 5.73 Å². The maximum Gasteiger partial charge on any atom is 0.236 e. The van der Waals surface area contributed by atoms with Gasteiger partial charge in [-0.1, -0.05) is 11.6 Å². The largest absolute Gasteiger partial charge is 0.491 e. The Morgan fingerprint density at radius 1 is 1.53 bits per heavy atom. The van der Waals surface area contributed by atoms with Crippen molar-refractivity contribution >= 4 is 17.5 Å². The van der Waals surface area contributed by atoms with Crippen molar-refractivity contribution in [3.8, 4) is 5.75 Å². The molecule has 94 valence electrons. The Labute approximate surface area is 106 Å². The Balaban J connectivity index is 2.43. The third-order valence-electron chi connectivity index (χ3n) is 2.42. The van der Waals surface area contributed by atoms with Gasteiger partial charge in [0, 0.05) is 12.1 Å². The van der Waals surface area contributed by atoms with Crippen LogP contribution in [-0.4, -0.2) is 37.6 Å². The standard InChI is InChI=1S/C12H17ClN2O2/c1-9-7-10(13)3-4-11(9)17-6-5-15(2)12(16)8-14/h3-4,7H,5-6,8,14H2,1-2H3. The van der Waals surface area contributed by atoms with Crippen LogP contribution in [0.15, 0.2) is 18.2 Å². The SMILES string of the molecule is Cc1cc(Cl)ccc1OCCN(C)C(=O)CN. The van der Waals surface area contributed by atoms with Crippen LogP contribution in [-0.2, 0) is 4.79 Å². The Kier molecular flexibility index (Phi) is 5.25. The van der Waals surface area contributed by atoms with Crippen LogP contribution in [0.4, 0.5) is 0 Å². The van der Waals surface area contributed by atoms with Crippen molar-refractivity contribution < 1.29 is 9.53 Å². The smallest absolute Gasteiger partial charge is 0.236 e. The number of hydrogen-bond donors (Lipinski definition) is 1. The zero-order valence-corrected chi connectivity index (χ0v) is 10.8. The van der Waals surface area contributed by atoms with E-state index in [1.807, 2.05) is 19.1 Å². The van der Waals surface area contributed by atoms with Gasteiger partial charge in [-0.25, -0.2) is 0 Å². The highest BCUT2D eigenvalue weighted by Gasteiger charge is 2.06. The van der Waals surface area contributed by atoms with Gasteiger partial charge in [0.15, 0.2) is 0 Å². The molecule has 0 aromatic heterocycles. The minimum absolute atomic E-state index is 0.0243. The minimum atomic E-state index is -0.0959. The first kappa shape index (κ1) is 13.8. The van der Waals surface area contributed by atoms with E-state index in [1.165, 1.54) is 0 Å². The topological polar surface area (TPSA) is 55.6 Å². The normalized spacial score (nSPS) is 10.1. The molecule has 4 nitrogen and oxygen atoms in total. The number of nitrogens with two attached hydrogens (primary N) is 1. The number of nitrogens with zero attached hydrogens (tertiary/aromatic N) is 1. The molecule has 0 saturated heterocycles. The summed E-state index contributed by atoms with van der Waals surface area (Å²) in [4.78, 5) is 12.7. The highest BCUT2D eigenvalue weighted by molar-refractivity contribution is 6.30. The van der Waals surface area contributed by atoms with E-state index in [0.29, 0.717) is 18.2 Å². The lowest BCUT2D eigenvalue weighted by molar-refractivity contribution is -0.128. The summed E-state index contributed by atoms with van der Waals surface area (Å²) in [6, 6.07) is 5.44. The van der Waals surface area contributed by atoms with Crippen LogP contribution in [0.5, 0.6) is 5.75 Å². The second-order valence-electron chi connectivity index (χ2n) is 3.78. The van der Waals surface area contributed by atoms with Crippen molar-refractivity contribution in [3.63, 3.8) is 0 Å². The quantitative estimate of drug-likeness (QED) is 0.868. The molecule has 17 heavy (non-hydrogen) atoms. The summed E-state index contributed by atoms with van der Waals surface area (Å²) in [5.41, 5.74) is 6.23. The van der Waals surface area contributed by atoms with E-state index in [4.69, 9.17) is 22.1 Å². The van der Waals surface area contributed by atoms with Crippen molar-refractivity contribution in [3.05, 3.63) is 28.8 Å². The fraction of sp³-hybridized carbons (Fsp3) is 0.417. The van der Waals surface area contributed by atoms with E-state index in [2.05, 4.69) is 0 Å². The van der Waals surface area contributed by atoms with E-state index in [9.17, 15) is 4.79 Å². The van der Waals surface area contributed by atoms with Gasteiger partial charge in [-0.2, -0.15) is 0 Å². The molecule has 0 fully saturated rings. The average Bonchev–Trinajstić information content (AvgIpc) is 2.30. The number of likely N-dealkylation sites (N-methyl/N-ethyl adjacent to an activating group) is 1. The molecule has 0 spiro atoms.